The number of anilines is 2. The van der Waals surface area contributed by atoms with Crippen LogP contribution in [0.5, 0.6) is 0 Å². The number of amides is 1. The molecule has 10 nitrogen and oxygen atoms in total. The number of carbonyl (C=O) groups excluding carboxylic acids is 1. The van der Waals surface area contributed by atoms with Crippen LogP contribution in [0.15, 0.2) is 41.3 Å². The van der Waals surface area contributed by atoms with Gasteiger partial charge < -0.3 is 10.2 Å². The van der Waals surface area contributed by atoms with Crippen LogP contribution in [0.2, 0.25) is 5.02 Å². The number of rotatable bonds is 7. The van der Waals surface area contributed by atoms with Gasteiger partial charge >= 0.3 is 6.18 Å². The molecule has 2 aromatic rings. The molecule has 0 aromatic heterocycles. The molecule has 2 aromatic carbocycles. The van der Waals surface area contributed by atoms with E-state index in [0.29, 0.717) is 19.2 Å². The number of hydrogen-bond acceptors (Lipinski definition) is 7. The van der Waals surface area contributed by atoms with E-state index in [0.717, 1.165) is 16.4 Å². The fourth-order valence-corrected chi connectivity index (χ4v) is 4.72. The summed E-state index contributed by atoms with van der Waals surface area (Å²) in [6.07, 6.45) is -4.70. The minimum absolute atomic E-state index is 0.0426. The zero-order valence-electron chi connectivity index (χ0n) is 19.2. The van der Waals surface area contributed by atoms with Crippen molar-refractivity contribution in [3.8, 4) is 0 Å². The fraction of sp³-hybridized carbons (Fsp3) is 0.381. The summed E-state index contributed by atoms with van der Waals surface area (Å²) in [5.41, 5.74) is -1.54. The van der Waals surface area contributed by atoms with Gasteiger partial charge in [-0.3, -0.25) is 19.8 Å². The highest BCUT2D eigenvalue weighted by molar-refractivity contribution is 7.89. The number of nitrogens with zero attached hydrogens (tertiary/aromatic N) is 4. The van der Waals surface area contributed by atoms with Crippen LogP contribution in [-0.4, -0.2) is 75.3 Å². The monoisotopic (exact) mass is 549 g/mol. The lowest BCUT2D eigenvalue weighted by Crippen LogP contribution is -2.48. The number of sulfonamides is 1. The Morgan fingerprint density at radius 1 is 1.14 bits per heavy atom. The molecule has 1 amide bonds. The van der Waals surface area contributed by atoms with Gasteiger partial charge in [0.25, 0.3) is 5.69 Å². The van der Waals surface area contributed by atoms with Crippen molar-refractivity contribution in [3.05, 3.63) is 57.1 Å². The maximum absolute atomic E-state index is 13.0. The van der Waals surface area contributed by atoms with Gasteiger partial charge in [-0.25, -0.2) is 12.7 Å². The molecule has 1 saturated heterocycles. The molecule has 0 saturated carbocycles. The number of hydrogen-bond donors (Lipinski definition) is 1. The molecule has 1 fully saturated rings. The molecule has 0 radical (unpaired) electrons. The highest BCUT2D eigenvalue weighted by Gasteiger charge is 2.34. The summed E-state index contributed by atoms with van der Waals surface area (Å²) in [4.78, 5) is 26.4. The van der Waals surface area contributed by atoms with E-state index >= 15 is 0 Å². The summed E-state index contributed by atoms with van der Waals surface area (Å²) in [6, 6.07) is 6.35. The van der Waals surface area contributed by atoms with Crippen molar-refractivity contribution < 1.29 is 31.3 Å². The minimum Gasteiger partial charge on any atom is -0.363 e. The topological polar surface area (TPSA) is 116 Å². The first-order valence-electron chi connectivity index (χ1n) is 10.5. The number of carbonyl (C=O) groups is 1. The zero-order chi connectivity index (χ0) is 26.8. The van der Waals surface area contributed by atoms with Gasteiger partial charge in [-0.05, 0) is 30.3 Å². The SMILES string of the molecule is CN(C)S(=O)(=O)c1ccc(Cl)c(NC(=O)CN2CCN(c3ccc(C(F)(F)F)cc3[N+](=O)[O-])CC2)c1. The largest absolute Gasteiger partial charge is 0.416 e. The van der Waals surface area contributed by atoms with Gasteiger partial charge in [-0.1, -0.05) is 11.6 Å². The van der Waals surface area contributed by atoms with Crippen LogP contribution in [0.4, 0.5) is 30.2 Å². The highest BCUT2D eigenvalue weighted by Crippen LogP contribution is 2.36. The summed E-state index contributed by atoms with van der Waals surface area (Å²) in [5, 5.41) is 14.1. The molecule has 1 N–H and O–H groups in total. The Morgan fingerprint density at radius 2 is 1.78 bits per heavy atom. The Morgan fingerprint density at radius 3 is 2.33 bits per heavy atom. The van der Waals surface area contributed by atoms with Crippen LogP contribution in [0.25, 0.3) is 0 Å². The number of benzene rings is 2. The van der Waals surface area contributed by atoms with Gasteiger partial charge in [0, 0.05) is 46.3 Å². The maximum atomic E-state index is 13.0. The predicted molar refractivity (Wildman–Crippen MR) is 128 cm³/mol. The summed E-state index contributed by atoms with van der Waals surface area (Å²) >= 11 is 6.11. The number of piperazine rings is 1. The van der Waals surface area contributed by atoms with Crippen LogP contribution in [0.1, 0.15) is 5.56 Å². The standard InChI is InChI=1S/C21H23ClF3N5O5S/c1-27(2)36(34,35)15-4-5-16(22)17(12-15)26-20(31)13-28-7-9-29(10-8-28)18-6-3-14(21(23,24)25)11-19(18)30(32)33/h3-6,11-12H,7-10,13H2,1-2H3,(H,26,31). The van der Waals surface area contributed by atoms with Gasteiger partial charge in [-0.15, -0.1) is 0 Å². The molecular formula is C21H23ClF3N5O5S. The van der Waals surface area contributed by atoms with E-state index < -0.39 is 38.3 Å². The van der Waals surface area contributed by atoms with Gasteiger partial charge in [0.15, 0.2) is 0 Å². The van der Waals surface area contributed by atoms with Crippen LogP contribution in [0, 0.1) is 10.1 Å². The first-order chi connectivity index (χ1) is 16.7. The normalized spacial score (nSPS) is 15.2. The van der Waals surface area contributed by atoms with Crippen LogP contribution in [0.3, 0.4) is 0 Å². The van der Waals surface area contributed by atoms with Crippen molar-refractivity contribution in [3.63, 3.8) is 0 Å². The number of halogens is 4. The first-order valence-corrected chi connectivity index (χ1v) is 12.4. The molecule has 15 heteroatoms. The van der Waals surface area contributed by atoms with Crippen molar-refractivity contribution in [1.29, 1.82) is 0 Å². The van der Waals surface area contributed by atoms with E-state index in [-0.39, 0.29) is 40.9 Å². The predicted octanol–water partition coefficient (Wildman–Crippen LogP) is 3.28. The van der Waals surface area contributed by atoms with Crippen molar-refractivity contribution in [2.45, 2.75) is 11.1 Å². The zero-order valence-corrected chi connectivity index (χ0v) is 20.8. The Labute approximate surface area is 210 Å². The van der Waals surface area contributed by atoms with Gasteiger partial charge in [0.05, 0.1) is 32.6 Å². The molecule has 1 aliphatic rings. The Balaban J connectivity index is 1.65. The molecule has 1 aliphatic heterocycles. The summed E-state index contributed by atoms with van der Waals surface area (Å²) in [5.74, 6) is -0.453. The average Bonchev–Trinajstić information content (AvgIpc) is 2.79. The molecule has 196 valence electrons. The van der Waals surface area contributed by atoms with Crippen molar-refractivity contribution >= 4 is 44.6 Å². The first kappa shape index (κ1) is 27.6. The highest BCUT2D eigenvalue weighted by atomic mass is 35.5. The third-order valence-corrected chi connectivity index (χ3v) is 7.71. The lowest BCUT2D eigenvalue weighted by Gasteiger charge is -2.35. The van der Waals surface area contributed by atoms with E-state index in [1.54, 1.807) is 9.80 Å². The van der Waals surface area contributed by atoms with E-state index in [1.165, 1.54) is 32.3 Å². The van der Waals surface area contributed by atoms with E-state index in [9.17, 15) is 36.5 Å². The average molecular weight is 550 g/mol. The molecule has 0 spiro atoms. The second-order valence-corrected chi connectivity index (χ2v) is 10.8. The van der Waals surface area contributed by atoms with Crippen molar-refractivity contribution in [1.82, 2.24) is 9.21 Å². The van der Waals surface area contributed by atoms with Crippen molar-refractivity contribution in [2.24, 2.45) is 0 Å². The molecule has 0 aliphatic carbocycles. The summed E-state index contributed by atoms with van der Waals surface area (Å²) in [6.45, 7) is 1.06. The molecule has 1 heterocycles. The third kappa shape index (κ3) is 6.24. The molecule has 3 rings (SSSR count). The van der Waals surface area contributed by atoms with E-state index in [4.69, 9.17) is 11.6 Å². The van der Waals surface area contributed by atoms with Gasteiger partial charge in [-0.2, -0.15) is 13.2 Å². The second-order valence-electron chi connectivity index (χ2n) is 8.20. The smallest absolute Gasteiger partial charge is 0.363 e. The van der Waals surface area contributed by atoms with Gasteiger partial charge in [0.1, 0.15) is 5.69 Å². The van der Waals surface area contributed by atoms with Crippen LogP contribution < -0.4 is 10.2 Å². The van der Waals surface area contributed by atoms with Crippen molar-refractivity contribution in [2.75, 3.05) is 57.0 Å². The maximum Gasteiger partial charge on any atom is 0.416 e. The molecule has 0 bridgehead atoms. The summed E-state index contributed by atoms with van der Waals surface area (Å²) in [7, 11) is -0.983. The van der Waals surface area contributed by atoms with E-state index in [1.807, 2.05) is 0 Å². The summed E-state index contributed by atoms with van der Waals surface area (Å²) < 4.78 is 64.6. The van der Waals surface area contributed by atoms with Crippen LogP contribution >= 0.6 is 11.6 Å². The number of nitro groups is 1. The number of alkyl halides is 3. The Bertz CT molecular complexity index is 1270. The molecule has 36 heavy (non-hydrogen) atoms. The number of nitro benzene ring substituents is 1. The number of nitrogens with one attached hydrogen (secondary N) is 1. The minimum atomic E-state index is -4.70. The fourth-order valence-electron chi connectivity index (χ4n) is 3.62. The lowest BCUT2D eigenvalue weighted by molar-refractivity contribution is -0.384. The van der Waals surface area contributed by atoms with E-state index in [2.05, 4.69) is 5.32 Å². The molecular weight excluding hydrogens is 527 g/mol. The second kappa shape index (κ2) is 10.6. The molecule has 0 atom stereocenters. The molecule has 0 unspecified atom stereocenters. The quantitative estimate of drug-likeness (QED) is 0.416. The Kier molecular flexibility index (Phi) is 8.13. The van der Waals surface area contributed by atoms with Gasteiger partial charge in [0.2, 0.25) is 15.9 Å². The van der Waals surface area contributed by atoms with Crippen LogP contribution in [-0.2, 0) is 21.0 Å². The Hall–Kier alpha value is -2.94. The third-order valence-electron chi connectivity index (χ3n) is 5.57. The lowest BCUT2D eigenvalue weighted by atomic mass is 10.1.